The predicted molar refractivity (Wildman–Crippen MR) is 155 cm³/mol. The SMILES string of the molecule is Cc1c(NC(=O)C2CCN(C)CC2)cccc1-c1ccc(C(N)=O)c2c1C=C(C1=CCN(S(C)(=O)=O)CC1)C2. The maximum atomic E-state index is 13.0. The third kappa shape index (κ3) is 5.57. The van der Waals surface area contributed by atoms with Crippen molar-refractivity contribution in [2.75, 3.05) is 44.8 Å². The zero-order valence-corrected chi connectivity index (χ0v) is 23.6. The number of anilines is 1. The molecule has 0 aromatic heterocycles. The molecule has 2 aromatic rings. The molecule has 1 saturated heterocycles. The van der Waals surface area contributed by atoms with Crippen LogP contribution in [0.5, 0.6) is 0 Å². The molecule has 5 rings (SSSR count). The lowest BCUT2D eigenvalue weighted by molar-refractivity contribution is -0.121. The topological polar surface area (TPSA) is 113 Å². The molecular weight excluding hydrogens is 512 g/mol. The Morgan fingerprint density at radius 3 is 2.41 bits per heavy atom. The highest BCUT2D eigenvalue weighted by Gasteiger charge is 2.28. The number of likely N-dealkylation sites (tertiary alicyclic amines) is 1. The number of carbonyl (C=O) groups is 2. The van der Waals surface area contributed by atoms with Gasteiger partial charge in [-0.1, -0.05) is 30.4 Å². The number of nitrogens with two attached hydrogens (primary N) is 1. The number of primary amides is 1. The van der Waals surface area contributed by atoms with Crippen LogP contribution in [0.2, 0.25) is 0 Å². The van der Waals surface area contributed by atoms with Crippen molar-refractivity contribution >= 4 is 33.6 Å². The minimum atomic E-state index is -3.24. The van der Waals surface area contributed by atoms with Gasteiger partial charge >= 0.3 is 0 Å². The quantitative estimate of drug-likeness (QED) is 0.573. The van der Waals surface area contributed by atoms with Crippen LogP contribution in [-0.2, 0) is 21.2 Å². The van der Waals surface area contributed by atoms with Crippen molar-refractivity contribution in [1.29, 1.82) is 0 Å². The van der Waals surface area contributed by atoms with Gasteiger partial charge in [0.25, 0.3) is 0 Å². The molecular formula is C30H36N4O4S. The molecule has 3 aliphatic rings. The third-order valence-electron chi connectivity index (χ3n) is 8.33. The van der Waals surface area contributed by atoms with Crippen molar-refractivity contribution in [2.24, 2.45) is 11.7 Å². The minimum absolute atomic E-state index is 0.0104. The molecule has 206 valence electrons. The Labute approximate surface area is 230 Å². The normalized spacial score (nSPS) is 18.8. The van der Waals surface area contributed by atoms with E-state index < -0.39 is 15.9 Å². The number of benzene rings is 2. The molecule has 1 aliphatic carbocycles. The summed E-state index contributed by atoms with van der Waals surface area (Å²) in [5.74, 6) is -0.396. The zero-order chi connectivity index (χ0) is 27.9. The molecule has 2 heterocycles. The van der Waals surface area contributed by atoms with Crippen molar-refractivity contribution in [3.63, 3.8) is 0 Å². The Balaban J connectivity index is 1.47. The summed E-state index contributed by atoms with van der Waals surface area (Å²) in [6, 6.07) is 9.65. The summed E-state index contributed by atoms with van der Waals surface area (Å²) in [5.41, 5.74) is 14.0. The van der Waals surface area contributed by atoms with Gasteiger partial charge in [0.05, 0.1) is 6.26 Å². The first-order valence-electron chi connectivity index (χ1n) is 13.4. The Hall–Kier alpha value is -3.27. The van der Waals surface area contributed by atoms with E-state index in [0.717, 1.165) is 70.6 Å². The standard InChI is InChI=1S/C30H36N4O4S/c1-19-23(5-4-6-28(19)32-30(36)21-9-13-33(2)14-10-21)24-7-8-25(29(31)35)27-18-22(17-26(24)27)20-11-15-34(16-12-20)39(3,37)38/h4-8,11,17,21H,9-10,12-16,18H2,1-3H3,(H2,31,35)(H,32,36). The third-order valence-corrected chi connectivity index (χ3v) is 9.60. The van der Waals surface area contributed by atoms with Gasteiger partial charge in [-0.25, -0.2) is 8.42 Å². The van der Waals surface area contributed by atoms with Crippen molar-refractivity contribution in [3.8, 4) is 11.1 Å². The molecule has 2 aliphatic heterocycles. The summed E-state index contributed by atoms with van der Waals surface area (Å²) >= 11 is 0. The average Bonchev–Trinajstić information content (AvgIpc) is 3.35. The fraction of sp³-hybridized carbons (Fsp3) is 0.400. The summed E-state index contributed by atoms with van der Waals surface area (Å²) < 4.78 is 25.4. The monoisotopic (exact) mass is 548 g/mol. The number of nitrogens with one attached hydrogen (secondary N) is 1. The van der Waals surface area contributed by atoms with Gasteiger partial charge in [-0.3, -0.25) is 9.59 Å². The van der Waals surface area contributed by atoms with E-state index in [1.807, 2.05) is 37.3 Å². The number of carbonyl (C=O) groups excluding carboxylic acids is 2. The van der Waals surface area contributed by atoms with Crippen molar-refractivity contribution in [2.45, 2.75) is 32.6 Å². The number of sulfonamides is 1. The average molecular weight is 549 g/mol. The van der Waals surface area contributed by atoms with Crippen LogP contribution in [0, 0.1) is 12.8 Å². The highest BCUT2D eigenvalue weighted by Crippen LogP contribution is 2.41. The van der Waals surface area contributed by atoms with E-state index in [1.165, 1.54) is 10.6 Å². The van der Waals surface area contributed by atoms with Gasteiger partial charge in [0.2, 0.25) is 21.8 Å². The van der Waals surface area contributed by atoms with Crippen LogP contribution in [0.15, 0.2) is 47.6 Å². The van der Waals surface area contributed by atoms with Crippen molar-refractivity contribution in [3.05, 3.63) is 69.8 Å². The Morgan fingerprint density at radius 2 is 1.77 bits per heavy atom. The minimum Gasteiger partial charge on any atom is -0.366 e. The number of nitrogens with zero attached hydrogens (tertiary/aromatic N) is 2. The lowest BCUT2D eigenvalue weighted by Gasteiger charge is -2.28. The van der Waals surface area contributed by atoms with Crippen molar-refractivity contribution < 1.29 is 18.0 Å². The zero-order valence-electron chi connectivity index (χ0n) is 22.8. The van der Waals surface area contributed by atoms with Gasteiger partial charge in [-0.05, 0) is 104 Å². The molecule has 0 bridgehead atoms. The van der Waals surface area contributed by atoms with Crippen molar-refractivity contribution in [1.82, 2.24) is 9.21 Å². The van der Waals surface area contributed by atoms with Gasteiger partial charge < -0.3 is 16.0 Å². The number of rotatable bonds is 6. The van der Waals surface area contributed by atoms with Crippen LogP contribution in [0.25, 0.3) is 17.2 Å². The Bertz CT molecular complexity index is 1500. The first-order chi connectivity index (χ1) is 18.5. The summed E-state index contributed by atoms with van der Waals surface area (Å²) in [6.45, 7) is 4.64. The number of allylic oxidation sites excluding steroid dienone is 1. The summed E-state index contributed by atoms with van der Waals surface area (Å²) in [7, 11) is -1.16. The van der Waals surface area contributed by atoms with E-state index in [2.05, 4.69) is 23.3 Å². The fourth-order valence-corrected chi connectivity index (χ4v) is 6.69. The molecule has 39 heavy (non-hydrogen) atoms. The molecule has 0 unspecified atom stereocenters. The predicted octanol–water partition coefficient (Wildman–Crippen LogP) is 3.57. The summed E-state index contributed by atoms with van der Waals surface area (Å²) in [6.07, 6.45) is 8.21. The Morgan fingerprint density at radius 1 is 1.03 bits per heavy atom. The molecule has 2 aromatic carbocycles. The molecule has 3 N–H and O–H groups in total. The van der Waals surface area contributed by atoms with Crippen LogP contribution >= 0.6 is 0 Å². The van der Waals surface area contributed by atoms with E-state index in [0.29, 0.717) is 31.5 Å². The number of hydrogen-bond donors (Lipinski definition) is 2. The van der Waals surface area contributed by atoms with Crippen LogP contribution in [-0.4, -0.2) is 68.9 Å². The number of piperidine rings is 1. The van der Waals surface area contributed by atoms with E-state index >= 15 is 0 Å². The number of hydrogen-bond acceptors (Lipinski definition) is 5. The van der Waals surface area contributed by atoms with Crippen LogP contribution in [0.3, 0.4) is 0 Å². The fourth-order valence-electron chi connectivity index (χ4n) is 5.92. The molecule has 0 spiro atoms. The summed E-state index contributed by atoms with van der Waals surface area (Å²) in [5, 5.41) is 3.17. The summed E-state index contributed by atoms with van der Waals surface area (Å²) in [4.78, 5) is 27.6. The van der Waals surface area contributed by atoms with Crippen LogP contribution in [0.1, 0.15) is 46.3 Å². The van der Waals surface area contributed by atoms with Gasteiger partial charge in [-0.15, -0.1) is 0 Å². The first kappa shape index (κ1) is 27.3. The lowest BCUT2D eigenvalue weighted by atomic mass is 9.90. The molecule has 8 nitrogen and oxygen atoms in total. The maximum Gasteiger partial charge on any atom is 0.249 e. The highest BCUT2D eigenvalue weighted by molar-refractivity contribution is 7.88. The van der Waals surface area contributed by atoms with E-state index in [-0.39, 0.29) is 11.8 Å². The van der Waals surface area contributed by atoms with E-state index in [1.54, 1.807) is 6.07 Å². The molecule has 0 saturated carbocycles. The second kappa shape index (κ2) is 10.7. The van der Waals surface area contributed by atoms with E-state index in [9.17, 15) is 18.0 Å². The van der Waals surface area contributed by atoms with Gasteiger partial charge in [0, 0.05) is 30.3 Å². The van der Waals surface area contributed by atoms with Crippen LogP contribution in [0.4, 0.5) is 5.69 Å². The second-order valence-electron chi connectivity index (χ2n) is 10.9. The number of amides is 2. The Kier molecular flexibility index (Phi) is 7.50. The number of fused-ring (bicyclic) bond motifs is 1. The van der Waals surface area contributed by atoms with Gasteiger partial charge in [-0.2, -0.15) is 4.31 Å². The van der Waals surface area contributed by atoms with Crippen LogP contribution < -0.4 is 11.1 Å². The second-order valence-corrected chi connectivity index (χ2v) is 12.9. The molecule has 0 atom stereocenters. The largest absolute Gasteiger partial charge is 0.366 e. The van der Waals surface area contributed by atoms with Gasteiger partial charge in [0.15, 0.2) is 0 Å². The van der Waals surface area contributed by atoms with Gasteiger partial charge in [0.1, 0.15) is 0 Å². The molecule has 9 heteroatoms. The first-order valence-corrected chi connectivity index (χ1v) is 15.3. The lowest BCUT2D eigenvalue weighted by Crippen LogP contribution is -2.36. The molecule has 2 amide bonds. The highest BCUT2D eigenvalue weighted by atomic mass is 32.2. The molecule has 1 fully saturated rings. The molecule has 0 radical (unpaired) electrons. The maximum absolute atomic E-state index is 13.0. The smallest absolute Gasteiger partial charge is 0.249 e. The van der Waals surface area contributed by atoms with E-state index in [4.69, 9.17) is 5.73 Å².